The molecule has 4 N–H and O–H groups in total. The molecule has 1 atom stereocenters. The number of benzene rings is 1. The number of primary amides is 1. The molecule has 1 amide bonds. The molecule has 2 saturated carbocycles. The number of phenols is 1. The van der Waals surface area contributed by atoms with E-state index in [0.717, 1.165) is 31.2 Å². The fourth-order valence-corrected chi connectivity index (χ4v) is 3.10. The molecule has 0 aliphatic heterocycles. The summed E-state index contributed by atoms with van der Waals surface area (Å²) < 4.78 is 0. The summed E-state index contributed by atoms with van der Waals surface area (Å²) in [5, 5.41) is 22.2. The van der Waals surface area contributed by atoms with Gasteiger partial charge >= 0.3 is 0 Å². The molecule has 132 valence electrons. The smallest absolute Gasteiger partial charge is 0.240 e. The van der Waals surface area contributed by atoms with Gasteiger partial charge in [0.05, 0.1) is 5.69 Å². The van der Waals surface area contributed by atoms with Gasteiger partial charge in [0.25, 0.3) is 0 Å². The van der Waals surface area contributed by atoms with Gasteiger partial charge in [0.1, 0.15) is 17.5 Å². The Kier molecular flexibility index (Phi) is 4.09. The molecule has 0 spiro atoms. The molecule has 2 aromatic rings. The third kappa shape index (κ3) is 3.26. The number of nitrogens with two attached hydrogens (primary N) is 1. The Morgan fingerprint density at radius 1 is 1.27 bits per heavy atom. The van der Waals surface area contributed by atoms with Crippen LogP contribution >= 0.6 is 0 Å². The number of carbonyl (C=O) groups is 1. The van der Waals surface area contributed by atoms with Crippen molar-refractivity contribution in [2.24, 2.45) is 5.73 Å². The second-order valence-corrected chi connectivity index (χ2v) is 7.00. The Morgan fingerprint density at radius 2 is 2.04 bits per heavy atom. The fourth-order valence-electron chi connectivity index (χ4n) is 3.10. The maximum absolute atomic E-state index is 11.9. The van der Waals surface area contributed by atoms with Gasteiger partial charge in [0.2, 0.25) is 5.91 Å². The van der Waals surface area contributed by atoms with Gasteiger partial charge in [-0.3, -0.25) is 10.1 Å². The first-order valence-corrected chi connectivity index (χ1v) is 8.79. The van der Waals surface area contributed by atoms with Gasteiger partial charge in [-0.2, -0.15) is 5.10 Å². The monoisotopic (exact) mass is 348 g/mol. The lowest BCUT2D eigenvalue weighted by Gasteiger charge is -2.16. The molecule has 26 heavy (non-hydrogen) atoms. The first-order chi connectivity index (χ1) is 12.6. The van der Waals surface area contributed by atoms with Crippen LogP contribution in [0, 0.1) is 12.3 Å². The lowest BCUT2D eigenvalue weighted by atomic mass is 9.99. The van der Waals surface area contributed by atoms with E-state index in [1.54, 1.807) is 18.2 Å². The Morgan fingerprint density at radius 3 is 2.62 bits per heavy atom. The zero-order valence-corrected chi connectivity index (χ0v) is 14.3. The van der Waals surface area contributed by atoms with Crippen molar-refractivity contribution in [3.05, 3.63) is 41.1 Å². The van der Waals surface area contributed by atoms with Gasteiger partial charge in [-0.05, 0) is 61.4 Å². The van der Waals surface area contributed by atoms with Crippen LogP contribution < -0.4 is 11.1 Å². The highest BCUT2D eigenvalue weighted by Gasteiger charge is 2.33. The van der Waals surface area contributed by atoms with Crippen LogP contribution in [-0.2, 0) is 4.79 Å². The van der Waals surface area contributed by atoms with E-state index in [1.807, 2.05) is 6.07 Å². The van der Waals surface area contributed by atoms with Crippen molar-refractivity contribution < 1.29 is 9.90 Å². The average molecular weight is 348 g/mol. The molecule has 6 heteroatoms. The highest BCUT2D eigenvalue weighted by atomic mass is 16.3. The summed E-state index contributed by atoms with van der Waals surface area (Å²) in [6.07, 6.45) is 9.57. The molecule has 2 aliphatic carbocycles. The number of hydrogen-bond donors (Lipinski definition) is 3. The number of aromatic nitrogens is 2. The number of aromatic hydroxyl groups is 1. The van der Waals surface area contributed by atoms with E-state index < -0.39 is 11.9 Å². The molecule has 1 unspecified atom stereocenters. The Labute approximate surface area is 151 Å². The number of amides is 1. The van der Waals surface area contributed by atoms with Gasteiger partial charge in [-0.25, -0.2) is 0 Å². The van der Waals surface area contributed by atoms with Gasteiger partial charge in [0, 0.05) is 17.2 Å². The molecule has 1 heterocycles. The van der Waals surface area contributed by atoms with Gasteiger partial charge in [-0.15, -0.1) is 11.5 Å². The van der Waals surface area contributed by atoms with Crippen molar-refractivity contribution in [3.63, 3.8) is 0 Å². The average Bonchev–Trinajstić information content (AvgIpc) is 3.53. The lowest BCUT2D eigenvalue weighted by molar-refractivity contribution is -0.120. The van der Waals surface area contributed by atoms with Crippen LogP contribution in [0.3, 0.4) is 0 Å². The summed E-state index contributed by atoms with van der Waals surface area (Å²) in [7, 11) is 0. The minimum atomic E-state index is -0.640. The van der Waals surface area contributed by atoms with Crippen molar-refractivity contribution in [2.75, 3.05) is 0 Å². The van der Waals surface area contributed by atoms with E-state index in [2.05, 4.69) is 21.4 Å². The lowest BCUT2D eigenvalue weighted by Crippen LogP contribution is -2.35. The van der Waals surface area contributed by atoms with E-state index in [-0.39, 0.29) is 5.75 Å². The predicted octanol–water partition coefficient (Wildman–Crippen LogP) is 1.99. The molecule has 2 aliphatic rings. The summed E-state index contributed by atoms with van der Waals surface area (Å²) in [4.78, 5) is 11.9. The number of rotatable bonds is 6. The highest BCUT2D eigenvalue weighted by molar-refractivity contribution is 5.81. The largest absolute Gasteiger partial charge is 0.507 e. The second-order valence-electron chi connectivity index (χ2n) is 7.00. The minimum absolute atomic E-state index is 0.0759. The quantitative estimate of drug-likeness (QED) is 0.693. The van der Waals surface area contributed by atoms with Crippen molar-refractivity contribution in [3.8, 4) is 29.4 Å². The summed E-state index contributed by atoms with van der Waals surface area (Å²) in [5.41, 5.74) is 8.92. The number of hydrogen-bond acceptors (Lipinski definition) is 5. The Bertz CT molecular complexity index is 911. The summed E-state index contributed by atoms with van der Waals surface area (Å²) in [6.45, 7) is 0. The molecule has 1 aromatic carbocycles. The van der Waals surface area contributed by atoms with E-state index in [4.69, 9.17) is 12.2 Å². The van der Waals surface area contributed by atoms with Crippen LogP contribution in [0.15, 0.2) is 24.3 Å². The van der Waals surface area contributed by atoms with Crippen LogP contribution in [-0.4, -0.2) is 27.3 Å². The van der Waals surface area contributed by atoms with Crippen molar-refractivity contribution >= 4 is 5.91 Å². The normalized spacial score (nSPS) is 17.5. The molecule has 0 bridgehead atoms. The van der Waals surface area contributed by atoms with Gasteiger partial charge < -0.3 is 10.8 Å². The zero-order chi connectivity index (χ0) is 18.3. The fraction of sp³-hybridized carbons (Fsp3) is 0.350. The number of nitrogens with zero attached hydrogens (tertiary/aromatic N) is 2. The van der Waals surface area contributed by atoms with Crippen molar-refractivity contribution in [1.82, 2.24) is 15.5 Å². The summed E-state index contributed by atoms with van der Waals surface area (Å²) in [5.74, 6) is 2.48. The topological polar surface area (TPSA) is 101 Å². The molecule has 1 aromatic heterocycles. The zero-order valence-electron chi connectivity index (χ0n) is 14.3. The van der Waals surface area contributed by atoms with Crippen LogP contribution in [0.5, 0.6) is 5.75 Å². The molecule has 0 radical (unpaired) electrons. The van der Waals surface area contributed by atoms with E-state index in [9.17, 15) is 9.90 Å². The highest BCUT2D eigenvalue weighted by Crippen LogP contribution is 2.45. The standard InChI is InChI=1S/C20H20N4O2/c1-2-11-3-8-14(17(25)9-11)18-15(12-4-5-12)10-16(23-24-18)19(20(21)26)22-13-6-7-13/h1,3,8-10,12-13,19,22,25H,4-7H2,(H2,21,26). The third-order valence-corrected chi connectivity index (χ3v) is 4.84. The first kappa shape index (κ1) is 16.6. The minimum Gasteiger partial charge on any atom is -0.507 e. The van der Waals surface area contributed by atoms with Gasteiger partial charge in [0.15, 0.2) is 0 Å². The van der Waals surface area contributed by atoms with Crippen LogP contribution in [0.25, 0.3) is 11.3 Å². The van der Waals surface area contributed by atoms with E-state index in [0.29, 0.717) is 34.5 Å². The predicted molar refractivity (Wildman–Crippen MR) is 97.1 cm³/mol. The first-order valence-electron chi connectivity index (χ1n) is 8.79. The number of nitrogens with one attached hydrogen (secondary N) is 1. The number of phenolic OH excluding ortho intramolecular Hbond substituents is 1. The SMILES string of the molecule is C#Cc1ccc(-c2nnc(C(NC3CC3)C(N)=O)cc2C2CC2)c(O)c1. The number of carbonyl (C=O) groups excluding carboxylic acids is 1. The van der Waals surface area contributed by atoms with Crippen LogP contribution in [0.4, 0.5) is 0 Å². The molecular formula is C20H20N4O2. The molecular weight excluding hydrogens is 328 g/mol. The maximum Gasteiger partial charge on any atom is 0.240 e. The summed E-state index contributed by atoms with van der Waals surface area (Å²) >= 11 is 0. The molecule has 4 rings (SSSR count). The molecule has 6 nitrogen and oxygen atoms in total. The molecule has 2 fully saturated rings. The van der Waals surface area contributed by atoms with E-state index in [1.165, 1.54) is 0 Å². The number of terminal acetylenes is 1. The summed E-state index contributed by atoms with van der Waals surface area (Å²) in [6, 6.07) is 6.65. The second kappa shape index (κ2) is 6.43. The van der Waals surface area contributed by atoms with Crippen molar-refractivity contribution in [1.29, 1.82) is 0 Å². The van der Waals surface area contributed by atoms with Crippen LogP contribution in [0.2, 0.25) is 0 Å². The van der Waals surface area contributed by atoms with Crippen LogP contribution in [0.1, 0.15) is 54.5 Å². The van der Waals surface area contributed by atoms with Crippen molar-refractivity contribution in [2.45, 2.75) is 43.7 Å². The third-order valence-electron chi connectivity index (χ3n) is 4.84. The maximum atomic E-state index is 11.9. The Hall–Kier alpha value is -2.91. The Balaban J connectivity index is 1.74. The van der Waals surface area contributed by atoms with E-state index >= 15 is 0 Å². The van der Waals surface area contributed by atoms with Gasteiger partial charge in [-0.1, -0.05) is 5.92 Å². The molecule has 0 saturated heterocycles.